The van der Waals surface area contributed by atoms with E-state index in [0.717, 1.165) is 17.8 Å². The van der Waals surface area contributed by atoms with Gasteiger partial charge < -0.3 is 20.6 Å². The van der Waals surface area contributed by atoms with Crippen molar-refractivity contribution in [2.75, 3.05) is 5.32 Å². The van der Waals surface area contributed by atoms with Gasteiger partial charge in [-0.1, -0.05) is 72.8 Å². The predicted molar refractivity (Wildman–Crippen MR) is 165 cm³/mol. The summed E-state index contributed by atoms with van der Waals surface area (Å²) < 4.78 is 43.1. The van der Waals surface area contributed by atoms with Crippen molar-refractivity contribution >= 4 is 23.6 Å². The molecule has 3 aromatic carbocycles. The predicted octanol–water partition coefficient (Wildman–Crippen LogP) is 6.96. The molecule has 8 nitrogen and oxygen atoms in total. The molecule has 0 aliphatic rings. The van der Waals surface area contributed by atoms with Crippen LogP contribution in [0.4, 0.5) is 24.7 Å². The number of hydrogen-bond acceptors (Lipinski definition) is 6. The highest BCUT2D eigenvalue weighted by molar-refractivity contribution is 5.84. The highest BCUT2D eigenvalue weighted by Gasteiger charge is 2.31. The van der Waals surface area contributed by atoms with Crippen LogP contribution in [0.2, 0.25) is 0 Å². The summed E-state index contributed by atoms with van der Waals surface area (Å²) in [6.07, 6.45) is -3.49. The Hall–Kier alpha value is -5.26. The average molecular weight is 615 g/mol. The van der Waals surface area contributed by atoms with Gasteiger partial charge in [-0.2, -0.15) is 18.3 Å². The van der Waals surface area contributed by atoms with Gasteiger partial charge in [-0.25, -0.2) is 9.67 Å². The molecule has 0 bridgehead atoms. The van der Waals surface area contributed by atoms with E-state index in [-0.39, 0.29) is 12.0 Å². The Labute approximate surface area is 256 Å². The lowest BCUT2D eigenvalue weighted by molar-refractivity contribution is -0.139. The molecule has 0 aliphatic heterocycles. The molecule has 0 aliphatic carbocycles. The molecule has 0 saturated heterocycles. The van der Waals surface area contributed by atoms with Crippen LogP contribution in [0.3, 0.4) is 0 Å². The first-order valence-corrected chi connectivity index (χ1v) is 14.0. The molecular formula is C34H29F3N4O4. The Kier molecular flexibility index (Phi) is 9.41. The van der Waals surface area contributed by atoms with E-state index < -0.39 is 36.3 Å². The summed E-state index contributed by atoms with van der Waals surface area (Å²) in [6.45, 7) is 0. The van der Waals surface area contributed by atoms with Gasteiger partial charge >= 0.3 is 12.1 Å². The number of pyridine rings is 1. The number of anilines is 2. The molecule has 45 heavy (non-hydrogen) atoms. The van der Waals surface area contributed by atoms with Gasteiger partial charge in [-0.05, 0) is 30.3 Å². The normalized spacial score (nSPS) is 13.1. The highest BCUT2D eigenvalue weighted by Crippen LogP contribution is 2.38. The molecule has 2 aromatic heterocycles. The number of aliphatic carboxylic acids is 1. The number of carboxylic acid groups (broad SMARTS) is 1. The molecule has 230 valence electrons. The monoisotopic (exact) mass is 614 g/mol. The van der Waals surface area contributed by atoms with Crippen molar-refractivity contribution in [3.8, 4) is 28.2 Å². The number of carboxylic acids is 1. The molecule has 2 heterocycles. The van der Waals surface area contributed by atoms with Crippen LogP contribution in [0.25, 0.3) is 34.3 Å². The Morgan fingerprint density at radius 2 is 1.60 bits per heavy atom. The molecule has 11 heteroatoms. The molecular weight excluding hydrogens is 585 g/mol. The second-order valence-corrected chi connectivity index (χ2v) is 10.3. The van der Waals surface area contributed by atoms with Gasteiger partial charge in [0, 0.05) is 41.1 Å². The molecule has 4 N–H and O–H groups in total. The zero-order chi connectivity index (χ0) is 32.0. The Morgan fingerprint density at radius 1 is 0.911 bits per heavy atom. The van der Waals surface area contributed by atoms with Gasteiger partial charge in [0.05, 0.1) is 35.6 Å². The van der Waals surface area contributed by atoms with Crippen LogP contribution in [-0.2, 0) is 11.0 Å². The summed E-state index contributed by atoms with van der Waals surface area (Å²) in [5, 5.41) is 37.7. The van der Waals surface area contributed by atoms with Crippen molar-refractivity contribution in [3.05, 3.63) is 120 Å². The number of nitrogens with one attached hydrogen (secondary N) is 1. The van der Waals surface area contributed by atoms with Crippen LogP contribution >= 0.6 is 0 Å². The fourth-order valence-corrected chi connectivity index (χ4v) is 4.84. The number of hydrogen-bond donors (Lipinski definition) is 4. The topological polar surface area (TPSA) is 121 Å². The number of alkyl halides is 3. The number of aliphatic hydroxyl groups excluding tert-OH is 2. The standard InChI is InChI=1S/C34H29F3N4O4/c35-34(36,37)24-11-7-10-23(18-24)33-29(15-14-27(42)20-28(43)21-31(44)45)32(22-8-3-1-4-9-22)40-41(33)26-16-17-38-30(19-26)39-25-12-5-2-6-13-25/h1-19,27-28,42-43H,20-21H2,(H,38,39)(H,44,45)/b15-14+. The zero-order valence-electron chi connectivity index (χ0n) is 23.8. The molecule has 5 aromatic rings. The quantitative estimate of drug-likeness (QED) is 0.127. The number of benzene rings is 3. The minimum Gasteiger partial charge on any atom is -0.481 e. The second-order valence-electron chi connectivity index (χ2n) is 10.3. The largest absolute Gasteiger partial charge is 0.481 e. The van der Waals surface area contributed by atoms with Gasteiger partial charge in [0.2, 0.25) is 0 Å². The maximum absolute atomic E-state index is 13.9. The number of carbonyl (C=O) groups is 1. The molecule has 2 unspecified atom stereocenters. The minimum atomic E-state index is -4.60. The number of halogens is 3. The lowest BCUT2D eigenvalue weighted by Gasteiger charge is -2.13. The van der Waals surface area contributed by atoms with Crippen molar-refractivity contribution in [2.24, 2.45) is 0 Å². The molecule has 0 spiro atoms. The first kappa shape index (κ1) is 31.2. The number of aromatic nitrogens is 3. The third-order valence-electron chi connectivity index (χ3n) is 6.88. The number of aliphatic hydroxyl groups is 2. The van der Waals surface area contributed by atoms with Crippen molar-refractivity contribution in [2.45, 2.75) is 31.2 Å². The number of para-hydroxylation sites is 1. The van der Waals surface area contributed by atoms with E-state index in [1.54, 1.807) is 36.5 Å². The minimum absolute atomic E-state index is 0.217. The van der Waals surface area contributed by atoms with Crippen molar-refractivity contribution in [3.63, 3.8) is 0 Å². The molecule has 0 fully saturated rings. The van der Waals surface area contributed by atoms with Gasteiger partial charge in [0.1, 0.15) is 11.5 Å². The van der Waals surface area contributed by atoms with E-state index >= 15 is 0 Å². The van der Waals surface area contributed by atoms with Crippen LogP contribution in [0.15, 0.2) is 109 Å². The van der Waals surface area contributed by atoms with E-state index in [4.69, 9.17) is 10.2 Å². The highest BCUT2D eigenvalue weighted by atomic mass is 19.4. The molecule has 0 saturated carbocycles. The summed E-state index contributed by atoms with van der Waals surface area (Å²) >= 11 is 0. The van der Waals surface area contributed by atoms with Crippen molar-refractivity contribution in [1.82, 2.24) is 14.8 Å². The fraction of sp³-hybridized carbons (Fsp3) is 0.147. The van der Waals surface area contributed by atoms with Crippen LogP contribution in [0.1, 0.15) is 24.0 Å². The van der Waals surface area contributed by atoms with E-state index in [2.05, 4.69) is 10.3 Å². The summed E-state index contributed by atoms with van der Waals surface area (Å²) in [7, 11) is 0. The van der Waals surface area contributed by atoms with E-state index in [1.807, 2.05) is 48.5 Å². The average Bonchev–Trinajstić information content (AvgIpc) is 3.40. The molecule has 5 rings (SSSR count). The van der Waals surface area contributed by atoms with Gasteiger partial charge in [-0.3, -0.25) is 4.79 Å². The Morgan fingerprint density at radius 3 is 2.29 bits per heavy atom. The third-order valence-corrected chi connectivity index (χ3v) is 6.88. The first-order chi connectivity index (χ1) is 21.6. The van der Waals surface area contributed by atoms with Crippen LogP contribution < -0.4 is 5.32 Å². The van der Waals surface area contributed by atoms with Gasteiger partial charge in [0.15, 0.2) is 0 Å². The summed E-state index contributed by atoms with van der Waals surface area (Å²) in [5.41, 5.74) is 2.47. The van der Waals surface area contributed by atoms with E-state index in [9.17, 15) is 28.2 Å². The Balaban J connectivity index is 1.69. The lowest BCUT2D eigenvalue weighted by Crippen LogP contribution is -2.19. The molecule has 0 radical (unpaired) electrons. The fourth-order valence-electron chi connectivity index (χ4n) is 4.84. The van der Waals surface area contributed by atoms with Gasteiger partial charge in [-0.15, -0.1) is 0 Å². The molecule has 0 amide bonds. The second kappa shape index (κ2) is 13.6. The van der Waals surface area contributed by atoms with Gasteiger partial charge in [0.25, 0.3) is 0 Å². The third kappa shape index (κ3) is 7.83. The molecule has 2 atom stereocenters. The van der Waals surface area contributed by atoms with Crippen molar-refractivity contribution in [1.29, 1.82) is 0 Å². The maximum Gasteiger partial charge on any atom is 0.416 e. The van der Waals surface area contributed by atoms with Crippen molar-refractivity contribution < 1.29 is 33.3 Å². The van der Waals surface area contributed by atoms with Crippen LogP contribution in [0.5, 0.6) is 0 Å². The smallest absolute Gasteiger partial charge is 0.416 e. The van der Waals surface area contributed by atoms with Crippen LogP contribution in [-0.4, -0.2) is 48.3 Å². The number of nitrogens with zero attached hydrogens (tertiary/aromatic N) is 3. The summed E-state index contributed by atoms with van der Waals surface area (Å²) in [5.74, 6) is -0.734. The maximum atomic E-state index is 13.9. The number of rotatable bonds is 11. The SMILES string of the molecule is O=C(O)CC(O)CC(O)/C=C/c1c(-c2ccccc2)nn(-c2ccnc(Nc3ccccc3)c2)c1-c1cccc(C(F)(F)F)c1. The summed E-state index contributed by atoms with van der Waals surface area (Å²) in [4.78, 5) is 15.4. The van der Waals surface area contributed by atoms with E-state index in [1.165, 1.54) is 22.9 Å². The van der Waals surface area contributed by atoms with E-state index in [0.29, 0.717) is 34.0 Å². The Bertz CT molecular complexity index is 1790. The van der Waals surface area contributed by atoms with Crippen LogP contribution in [0, 0.1) is 0 Å². The summed E-state index contributed by atoms with van der Waals surface area (Å²) in [6, 6.07) is 26.7. The zero-order valence-corrected chi connectivity index (χ0v) is 23.8. The lowest BCUT2D eigenvalue weighted by atomic mass is 9.98. The first-order valence-electron chi connectivity index (χ1n) is 14.0.